The first-order valence-electron chi connectivity index (χ1n) is 6.79. The maximum Gasteiger partial charge on any atom is 0.312 e. The summed E-state index contributed by atoms with van der Waals surface area (Å²) >= 11 is 0. The third-order valence-corrected chi connectivity index (χ3v) is 3.61. The van der Waals surface area contributed by atoms with Gasteiger partial charge in [0.15, 0.2) is 0 Å². The quantitative estimate of drug-likeness (QED) is 0.585. The number of hydrogen-bond acceptors (Lipinski definition) is 5. The van der Waals surface area contributed by atoms with Crippen LogP contribution in [0.15, 0.2) is 0 Å². The number of β-amino-alcohol motifs (C(OH)–C–C–N with tert-alkyl or cyclic N) is 1. The number of hydrogen-bond donors (Lipinski definition) is 2. The molecule has 0 amide bonds. The minimum absolute atomic E-state index is 0.0269. The number of aliphatic hydroxyl groups is 1. The van der Waals surface area contributed by atoms with Crippen LogP contribution in [0.25, 0.3) is 0 Å². The fraction of sp³-hybridized carbons (Fsp3) is 0.769. The summed E-state index contributed by atoms with van der Waals surface area (Å²) in [5.74, 6) is 0. The van der Waals surface area contributed by atoms with E-state index in [1.165, 1.54) is 4.68 Å². The molecule has 114 valence electrons. The van der Waals surface area contributed by atoms with Gasteiger partial charge in [-0.25, -0.2) is 0 Å². The van der Waals surface area contributed by atoms with E-state index in [1.807, 2.05) is 0 Å². The molecule has 7 heteroatoms. The Kier molecular flexibility index (Phi) is 5.24. The van der Waals surface area contributed by atoms with Gasteiger partial charge in [-0.2, -0.15) is 5.10 Å². The zero-order valence-electron chi connectivity index (χ0n) is 12.8. The molecular formula is C13H24N4O3. The molecule has 1 unspecified atom stereocenters. The lowest BCUT2D eigenvalue weighted by Gasteiger charge is -2.26. The predicted octanol–water partition coefficient (Wildman–Crippen LogP) is 1.55. The van der Waals surface area contributed by atoms with Gasteiger partial charge in [0.25, 0.3) is 0 Å². The lowest BCUT2D eigenvalue weighted by molar-refractivity contribution is -0.386. The summed E-state index contributed by atoms with van der Waals surface area (Å²) in [5.41, 5.74) is 0.837. The van der Waals surface area contributed by atoms with Crippen LogP contribution in [-0.2, 0) is 6.54 Å². The summed E-state index contributed by atoms with van der Waals surface area (Å²) in [5, 5.41) is 28.3. The van der Waals surface area contributed by atoms with E-state index in [1.54, 1.807) is 13.8 Å². The van der Waals surface area contributed by atoms with Crippen molar-refractivity contribution in [2.45, 2.75) is 59.2 Å². The minimum atomic E-state index is -0.640. The molecule has 20 heavy (non-hydrogen) atoms. The van der Waals surface area contributed by atoms with E-state index < -0.39 is 11.0 Å². The fourth-order valence-corrected chi connectivity index (χ4v) is 1.91. The molecule has 1 aromatic rings. The van der Waals surface area contributed by atoms with Crippen molar-refractivity contribution >= 4 is 5.69 Å². The Hall–Kier alpha value is -1.47. The number of nitrogens with zero attached hydrogens (tertiary/aromatic N) is 3. The van der Waals surface area contributed by atoms with Gasteiger partial charge < -0.3 is 10.4 Å². The fourth-order valence-electron chi connectivity index (χ4n) is 1.91. The SMILES string of the molecule is CCC(C)(C)NCC(O)Cn1nc(C)c([N+](=O)[O-])c1C. The largest absolute Gasteiger partial charge is 0.390 e. The molecule has 1 rings (SSSR count). The van der Waals surface area contributed by atoms with E-state index in [0.717, 1.165) is 6.42 Å². The highest BCUT2D eigenvalue weighted by Gasteiger charge is 2.23. The molecule has 0 aliphatic heterocycles. The average Bonchev–Trinajstić information content (AvgIpc) is 2.62. The predicted molar refractivity (Wildman–Crippen MR) is 76.7 cm³/mol. The Bertz CT molecular complexity index is 482. The monoisotopic (exact) mass is 284 g/mol. The van der Waals surface area contributed by atoms with Crippen LogP contribution in [-0.4, -0.2) is 38.0 Å². The molecular weight excluding hydrogens is 260 g/mol. The van der Waals surface area contributed by atoms with E-state index >= 15 is 0 Å². The van der Waals surface area contributed by atoms with Gasteiger partial charge in [-0.3, -0.25) is 14.8 Å². The molecule has 1 atom stereocenters. The van der Waals surface area contributed by atoms with Crippen LogP contribution in [0.3, 0.4) is 0 Å². The lowest BCUT2D eigenvalue weighted by Crippen LogP contribution is -2.43. The van der Waals surface area contributed by atoms with Crippen molar-refractivity contribution in [2.24, 2.45) is 0 Å². The van der Waals surface area contributed by atoms with Gasteiger partial charge in [0, 0.05) is 12.1 Å². The molecule has 0 aliphatic carbocycles. The molecule has 0 bridgehead atoms. The van der Waals surface area contributed by atoms with Crippen molar-refractivity contribution in [3.8, 4) is 0 Å². The number of aryl methyl sites for hydroxylation is 1. The van der Waals surface area contributed by atoms with Gasteiger partial charge in [-0.15, -0.1) is 0 Å². The van der Waals surface area contributed by atoms with Crippen LogP contribution >= 0.6 is 0 Å². The molecule has 0 aliphatic rings. The summed E-state index contributed by atoms with van der Waals surface area (Å²) in [6.45, 7) is 10.1. The molecule has 0 radical (unpaired) electrons. The summed E-state index contributed by atoms with van der Waals surface area (Å²) in [6, 6.07) is 0. The number of rotatable bonds is 7. The zero-order valence-corrected chi connectivity index (χ0v) is 12.8. The van der Waals surface area contributed by atoms with E-state index in [0.29, 0.717) is 17.9 Å². The van der Waals surface area contributed by atoms with Crippen molar-refractivity contribution in [2.75, 3.05) is 6.54 Å². The second-order valence-corrected chi connectivity index (χ2v) is 5.73. The summed E-state index contributed by atoms with van der Waals surface area (Å²) in [7, 11) is 0. The van der Waals surface area contributed by atoms with Crippen LogP contribution in [0.2, 0.25) is 0 Å². The Morgan fingerprint density at radius 1 is 1.50 bits per heavy atom. The van der Waals surface area contributed by atoms with Crippen molar-refractivity contribution in [1.29, 1.82) is 0 Å². The first-order chi connectivity index (χ1) is 9.18. The first-order valence-corrected chi connectivity index (χ1v) is 6.79. The molecule has 1 heterocycles. The normalized spacial score (nSPS) is 13.5. The van der Waals surface area contributed by atoms with Crippen LogP contribution < -0.4 is 5.32 Å². The maximum atomic E-state index is 10.9. The zero-order chi connectivity index (χ0) is 15.5. The Labute approximate surface area is 119 Å². The van der Waals surface area contributed by atoms with Gasteiger partial charge in [-0.1, -0.05) is 6.92 Å². The van der Waals surface area contributed by atoms with Crippen molar-refractivity contribution in [3.05, 3.63) is 21.5 Å². The highest BCUT2D eigenvalue weighted by molar-refractivity contribution is 5.39. The van der Waals surface area contributed by atoms with E-state index in [4.69, 9.17) is 0 Å². The molecule has 0 spiro atoms. The lowest BCUT2D eigenvalue weighted by atomic mass is 10.0. The number of aromatic nitrogens is 2. The summed E-state index contributed by atoms with van der Waals surface area (Å²) in [6.07, 6.45) is 0.309. The van der Waals surface area contributed by atoms with E-state index in [9.17, 15) is 15.2 Å². The van der Waals surface area contributed by atoms with Crippen LogP contribution in [0.1, 0.15) is 38.6 Å². The molecule has 7 nitrogen and oxygen atoms in total. The van der Waals surface area contributed by atoms with Gasteiger partial charge in [0.2, 0.25) is 0 Å². The molecule has 0 fully saturated rings. The summed E-state index contributed by atoms with van der Waals surface area (Å²) < 4.78 is 1.50. The molecule has 0 saturated carbocycles. The Balaban J connectivity index is 2.70. The second-order valence-electron chi connectivity index (χ2n) is 5.73. The third-order valence-electron chi connectivity index (χ3n) is 3.61. The average molecular weight is 284 g/mol. The van der Waals surface area contributed by atoms with Crippen molar-refractivity contribution in [3.63, 3.8) is 0 Å². The first kappa shape index (κ1) is 16.6. The standard InChI is InChI=1S/C13H24N4O3/c1-6-13(4,5)14-7-11(18)8-16-10(3)12(17(19)20)9(2)15-16/h11,14,18H,6-8H2,1-5H3. The van der Waals surface area contributed by atoms with Gasteiger partial charge in [-0.05, 0) is 34.1 Å². The molecule has 1 aromatic heterocycles. The van der Waals surface area contributed by atoms with Crippen LogP contribution in [0.4, 0.5) is 5.69 Å². The highest BCUT2D eigenvalue weighted by Crippen LogP contribution is 2.21. The van der Waals surface area contributed by atoms with E-state index in [-0.39, 0.29) is 17.8 Å². The van der Waals surface area contributed by atoms with Gasteiger partial charge in [0.1, 0.15) is 11.4 Å². The number of aliphatic hydroxyl groups excluding tert-OH is 1. The van der Waals surface area contributed by atoms with Crippen molar-refractivity contribution in [1.82, 2.24) is 15.1 Å². The van der Waals surface area contributed by atoms with Gasteiger partial charge >= 0.3 is 5.69 Å². The summed E-state index contributed by atoms with van der Waals surface area (Å²) in [4.78, 5) is 10.5. The van der Waals surface area contributed by atoms with E-state index in [2.05, 4.69) is 31.2 Å². The second kappa shape index (κ2) is 6.32. The van der Waals surface area contributed by atoms with Crippen molar-refractivity contribution < 1.29 is 10.0 Å². The smallest absolute Gasteiger partial charge is 0.312 e. The minimum Gasteiger partial charge on any atom is -0.390 e. The maximum absolute atomic E-state index is 10.9. The van der Waals surface area contributed by atoms with Gasteiger partial charge in [0.05, 0.1) is 17.6 Å². The number of nitrogens with one attached hydrogen (secondary N) is 1. The molecule has 0 aromatic carbocycles. The molecule has 2 N–H and O–H groups in total. The number of nitro groups is 1. The highest BCUT2D eigenvalue weighted by atomic mass is 16.6. The third kappa shape index (κ3) is 4.01. The topological polar surface area (TPSA) is 93.2 Å². The van der Waals surface area contributed by atoms with Crippen LogP contribution in [0.5, 0.6) is 0 Å². The van der Waals surface area contributed by atoms with Crippen LogP contribution in [0, 0.1) is 24.0 Å². The molecule has 0 saturated heterocycles. The Morgan fingerprint density at radius 3 is 2.55 bits per heavy atom. The Morgan fingerprint density at radius 2 is 2.10 bits per heavy atom.